The third-order valence-corrected chi connectivity index (χ3v) is 7.76. The molecule has 21 heavy (non-hydrogen) atoms. The molecule has 116 valence electrons. The predicted octanol–water partition coefficient (Wildman–Crippen LogP) is 2.54. The molecule has 5 nitrogen and oxygen atoms in total. The van der Waals surface area contributed by atoms with Crippen LogP contribution in [0.5, 0.6) is 0 Å². The maximum Gasteiger partial charge on any atom is 0.230 e. The molecule has 0 aromatic carbocycles. The summed E-state index contributed by atoms with van der Waals surface area (Å²) in [4.78, 5) is 12.2. The Balaban J connectivity index is 1.56. The number of amides is 1. The molecule has 2 aliphatic rings. The number of hydrogen-bond acceptors (Lipinski definition) is 6. The van der Waals surface area contributed by atoms with Crippen molar-refractivity contribution >= 4 is 34.1 Å². The highest BCUT2D eigenvalue weighted by Gasteiger charge is 2.61. The van der Waals surface area contributed by atoms with E-state index in [2.05, 4.69) is 36.3 Å². The van der Waals surface area contributed by atoms with Crippen LogP contribution in [0.4, 0.5) is 5.13 Å². The van der Waals surface area contributed by atoms with E-state index >= 15 is 0 Å². The van der Waals surface area contributed by atoms with Crippen LogP contribution in [-0.4, -0.2) is 27.9 Å². The number of carbonyl (C=O) groups is 1. The summed E-state index contributed by atoms with van der Waals surface area (Å²) in [5.74, 6) is 1.21. The van der Waals surface area contributed by atoms with E-state index in [0.717, 1.165) is 16.7 Å². The van der Waals surface area contributed by atoms with Crippen molar-refractivity contribution in [3.05, 3.63) is 0 Å². The van der Waals surface area contributed by atoms with Crippen molar-refractivity contribution in [3.63, 3.8) is 0 Å². The monoisotopic (exact) mass is 326 g/mol. The largest absolute Gasteiger partial charge is 0.374 e. The number of nitrogens with zero attached hydrogens (tertiary/aromatic N) is 2. The molecule has 2 fully saturated rings. The summed E-state index contributed by atoms with van der Waals surface area (Å²) < 4.78 is 0.752. The molecule has 2 bridgehead atoms. The third kappa shape index (κ3) is 2.44. The van der Waals surface area contributed by atoms with E-state index in [9.17, 15) is 4.79 Å². The number of rotatable bonds is 4. The number of anilines is 1. The summed E-state index contributed by atoms with van der Waals surface area (Å²) in [6.45, 7) is 7.05. The fourth-order valence-corrected chi connectivity index (χ4v) is 5.51. The Morgan fingerprint density at radius 2 is 2.24 bits per heavy atom. The number of aromatic nitrogens is 2. The molecule has 3 atom stereocenters. The van der Waals surface area contributed by atoms with Gasteiger partial charge in [-0.3, -0.25) is 4.79 Å². The van der Waals surface area contributed by atoms with E-state index < -0.39 is 0 Å². The Kier molecular flexibility index (Phi) is 3.68. The van der Waals surface area contributed by atoms with E-state index in [-0.39, 0.29) is 11.3 Å². The smallest absolute Gasteiger partial charge is 0.230 e. The SMILES string of the molecule is CC1(C)[C@@H]2CC[C@]1(C)[C@@H](NC(=O)CSc1nnc(N)s1)C2. The van der Waals surface area contributed by atoms with Crippen LogP contribution in [0.2, 0.25) is 0 Å². The van der Waals surface area contributed by atoms with Gasteiger partial charge in [-0.15, -0.1) is 10.2 Å². The first-order valence-electron chi connectivity index (χ1n) is 7.34. The summed E-state index contributed by atoms with van der Waals surface area (Å²) in [7, 11) is 0. The van der Waals surface area contributed by atoms with Gasteiger partial charge in [0.25, 0.3) is 0 Å². The molecule has 1 aromatic heterocycles. The van der Waals surface area contributed by atoms with Crippen LogP contribution in [0.3, 0.4) is 0 Å². The lowest BCUT2D eigenvalue weighted by atomic mass is 9.69. The summed E-state index contributed by atoms with van der Waals surface area (Å²) >= 11 is 2.73. The first-order chi connectivity index (χ1) is 9.83. The van der Waals surface area contributed by atoms with Gasteiger partial charge in [0, 0.05) is 6.04 Å². The van der Waals surface area contributed by atoms with E-state index in [1.165, 1.54) is 35.9 Å². The van der Waals surface area contributed by atoms with E-state index in [1.54, 1.807) is 0 Å². The van der Waals surface area contributed by atoms with E-state index in [4.69, 9.17) is 5.73 Å². The molecule has 3 N–H and O–H groups in total. The molecule has 0 saturated heterocycles. The van der Waals surface area contributed by atoms with Gasteiger partial charge in [-0.25, -0.2) is 0 Å². The van der Waals surface area contributed by atoms with Crippen LogP contribution >= 0.6 is 23.1 Å². The minimum atomic E-state index is 0.0864. The van der Waals surface area contributed by atoms with Gasteiger partial charge in [0.2, 0.25) is 11.0 Å². The van der Waals surface area contributed by atoms with Crippen molar-refractivity contribution in [1.82, 2.24) is 15.5 Å². The Bertz CT molecular complexity index is 559. The van der Waals surface area contributed by atoms with Crippen LogP contribution in [-0.2, 0) is 4.79 Å². The summed E-state index contributed by atoms with van der Waals surface area (Å²) in [5.41, 5.74) is 6.09. The first kappa shape index (κ1) is 15.1. The molecule has 2 aliphatic carbocycles. The molecule has 1 amide bonds. The molecule has 7 heteroatoms. The normalized spacial score (nSPS) is 33.3. The fraction of sp³-hybridized carbons (Fsp3) is 0.786. The molecular formula is C14H22N4OS2. The number of thioether (sulfide) groups is 1. The van der Waals surface area contributed by atoms with Gasteiger partial charge in [-0.1, -0.05) is 43.9 Å². The standard InChI is InChI=1S/C14H22N4OS2/c1-13(2)8-4-5-14(13,3)9(6-8)16-10(19)7-20-12-18-17-11(15)21-12/h8-9H,4-7H2,1-3H3,(H2,15,17)(H,16,19)/t8-,9+,14-/m1/s1. The molecular weight excluding hydrogens is 304 g/mol. The number of nitrogens with two attached hydrogens (primary N) is 1. The highest BCUT2D eigenvalue weighted by Crippen LogP contribution is 2.65. The van der Waals surface area contributed by atoms with Gasteiger partial charge in [0.1, 0.15) is 0 Å². The highest BCUT2D eigenvalue weighted by molar-refractivity contribution is 8.01. The first-order valence-corrected chi connectivity index (χ1v) is 9.14. The van der Waals surface area contributed by atoms with E-state index in [1.807, 2.05) is 0 Å². The Morgan fingerprint density at radius 3 is 2.76 bits per heavy atom. The summed E-state index contributed by atoms with van der Waals surface area (Å²) in [5, 5.41) is 11.4. The van der Waals surface area contributed by atoms with Gasteiger partial charge in [-0.2, -0.15) is 0 Å². The number of hydrogen-bond donors (Lipinski definition) is 2. The molecule has 1 heterocycles. The van der Waals surface area contributed by atoms with Gasteiger partial charge in [0.05, 0.1) is 5.75 Å². The molecule has 1 aromatic rings. The third-order valence-electron chi connectivity index (χ3n) is 5.88. The van der Waals surface area contributed by atoms with Crippen molar-refractivity contribution in [2.24, 2.45) is 16.7 Å². The predicted molar refractivity (Wildman–Crippen MR) is 86.2 cm³/mol. The van der Waals surface area contributed by atoms with E-state index in [0.29, 0.717) is 22.3 Å². The Hall–Kier alpha value is -0.820. The average molecular weight is 326 g/mol. The number of nitrogen functional groups attached to an aromatic ring is 1. The van der Waals surface area contributed by atoms with Crippen LogP contribution in [0.1, 0.15) is 40.0 Å². The Morgan fingerprint density at radius 1 is 1.48 bits per heavy atom. The minimum absolute atomic E-state index is 0.0864. The highest BCUT2D eigenvalue weighted by atomic mass is 32.2. The molecule has 2 saturated carbocycles. The lowest BCUT2D eigenvalue weighted by Crippen LogP contribution is -2.47. The van der Waals surface area contributed by atoms with Gasteiger partial charge in [0.15, 0.2) is 4.34 Å². The summed E-state index contributed by atoms with van der Waals surface area (Å²) in [6.07, 6.45) is 3.63. The van der Waals surface area contributed by atoms with Crippen molar-refractivity contribution in [2.45, 2.75) is 50.4 Å². The molecule has 0 unspecified atom stereocenters. The molecule has 0 spiro atoms. The fourth-order valence-electron chi connectivity index (χ4n) is 4.06. The second kappa shape index (κ2) is 5.12. The number of fused-ring (bicyclic) bond motifs is 2. The van der Waals surface area contributed by atoms with Crippen LogP contribution in [0.25, 0.3) is 0 Å². The maximum absolute atomic E-state index is 12.2. The topological polar surface area (TPSA) is 80.9 Å². The quantitative estimate of drug-likeness (QED) is 0.831. The lowest BCUT2D eigenvalue weighted by molar-refractivity contribution is -0.120. The van der Waals surface area contributed by atoms with Crippen molar-refractivity contribution in [1.29, 1.82) is 0 Å². The Labute approximate surface area is 133 Å². The second-order valence-corrected chi connectivity index (χ2v) is 9.16. The van der Waals surface area contributed by atoms with Gasteiger partial charge < -0.3 is 11.1 Å². The van der Waals surface area contributed by atoms with Crippen LogP contribution in [0.15, 0.2) is 4.34 Å². The van der Waals surface area contributed by atoms with Crippen molar-refractivity contribution in [2.75, 3.05) is 11.5 Å². The number of nitrogens with one attached hydrogen (secondary N) is 1. The second-order valence-electron chi connectivity index (χ2n) is 6.93. The van der Waals surface area contributed by atoms with Crippen LogP contribution < -0.4 is 11.1 Å². The maximum atomic E-state index is 12.2. The van der Waals surface area contributed by atoms with Gasteiger partial charge in [-0.05, 0) is 36.0 Å². The van der Waals surface area contributed by atoms with Crippen LogP contribution in [0, 0.1) is 16.7 Å². The molecule has 0 radical (unpaired) electrons. The molecule has 0 aliphatic heterocycles. The summed E-state index contributed by atoms with van der Waals surface area (Å²) in [6, 6.07) is 0.304. The van der Waals surface area contributed by atoms with Crippen molar-refractivity contribution in [3.8, 4) is 0 Å². The zero-order chi connectivity index (χ0) is 15.3. The lowest BCUT2D eigenvalue weighted by Gasteiger charge is -2.39. The molecule has 3 rings (SSSR count). The van der Waals surface area contributed by atoms with Crippen molar-refractivity contribution < 1.29 is 4.79 Å². The number of carbonyl (C=O) groups excluding carboxylic acids is 1. The van der Waals surface area contributed by atoms with Gasteiger partial charge >= 0.3 is 0 Å². The average Bonchev–Trinajstić information content (AvgIpc) is 2.98. The minimum Gasteiger partial charge on any atom is -0.374 e. The zero-order valence-corrected chi connectivity index (χ0v) is 14.3. The zero-order valence-electron chi connectivity index (χ0n) is 12.7.